The van der Waals surface area contributed by atoms with Crippen molar-refractivity contribution >= 4 is 10.0 Å². The van der Waals surface area contributed by atoms with E-state index in [1.54, 1.807) is 0 Å². The largest absolute Gasteiger partial charge is 0.186 e. The van der Waals surface area contributed by atoms with E-state index in [4.69, 9.17) is 0 Å². The van der Waals surface area contributed by atoms with Gasteiger partial charge >= 0.3 is 0 Å². The molecule has 0 radical (unpaired) electrons. The fraction of sp³-hybridized carbons (Fsp3) is 0.857. The van der Waals surface area contributed by atoms with Crippen molar-refractivity contribution in [2.45, 2.75) is 58.3 Å². The Kier molecular flexibility index (Phi) is 9.10. The summed E-state index contributed by atoms with van der Waals surface area (Å²) in [5.74, 6) is 3.31. The molecule has 0 rings (SSSR count). The maximum absolute atomic E-state index is 3.37. The molecule has 0 fully saturated rings. The van der Waals surface area contributed by atoms with Gasteiger partial charge in [-0.2, -0.15) is 10.0 Å². The lowest BCUT2D eigenvalue weighted by Gasteiger charge is -2.14. The van der Waals surface area contributed by atoms with Gasteiger partial charge in [0.25, 0.3) is 0 Å². The maximum atomic E-state index is 3.37. The quantitative estimate of drug-likeness (QED) is 0.434. The fourth-order valence-corrected chi connectivity index (χ4v) is 1.97. The molecule has 0 aromatic carbocycles. The van der Waals surface area contributed by atoms with Crippen LogP contribution >= 0.6 is 10.0 Å². The molecule has 15 heavy (non-hydrogen) atoms. The van der Waals surface area contributed by atoms with Crippen LogP contribution in [0.15, 0.2) is 0 Å². The van der Waals surface area contributed by atoms with Crippen LogP contribution in [0.5, 0.6) is 0 Å². The van der Waals surface area contributed by atoms with Gasteiger partial charge in [0.2, 0.25) is 0 Å². The van der Waals surface area contributed by atoms with Gasteiger partial charge in [-0.3, -0.25) is 0 Å². The maximum Gasteiger partial charge on any atom is 0.00971 e. The zero-order chi connectivity index (χ0) is 11.6. The van der Waals surface area contributed by atoms with E-state index in [-0.39, 0.29) is 0 Å². The van der Waals surface area contributed by atoms with Crippen molar-refractivity contribution < 1.29 is 0 Å². The molecule has 0 unspecified atom stereocenters. The summed E-state index contributed by atoms with van der Waals surface area (Å²) in [4.78, 5) is 0. The van der Waals surface area contributed by atoms with Gasteiger partial charge in [0.05, 0.1) is 0 Å². The van der Waals surface area contributed by atoms with E-state index in [0.717, 1.165) is 6.42 Å². The minimum absolute atomic E-state index is 0.590. The van der Waals surface area contributed by atoms with Crippen molar-refractivity contribution in [2.24, 2.45) is 0 Å². The van der Waals surface area contributed by atoms with Gasteiger partial charge in [0, 0.05) is 6.42 Å². The monoisotopic (exact) mass is 228 g/mol. The second-order valence-corrected chi connectivity index (χ2v) is 8.87. The molecule has 0 heterocycles. The van der Waals surface area contributed by atoms with E-state index >= 15 is 0 Å². The number of hydrogen-bond donors (Lipinski definition) is 0. The molecule has 0 aliphatic heterocycles. The average Bonchev–Trinajstić information content (AvgIpc) is 2.14. The van der Waals surface area contributed by atoms with E-state index in [1.165, 1.54) is 44.9 Å². The Bertz CT molecular complexity index is 190. The molecule has 90 valence electrons. The summed E-state index contributed by atoms with van der Waals surface area (Å²) >= 11 is 0. The second-order valence-electron chi connectivity index (χ2n) is 4.99. The predicted molar refractivity (Wildman–Crippen MR) is 75.7 cm³/mol. The number of unbranched alkanes of at least 4 members (excludes halogenated alkanes) is 7. The van der Waals surface area contributed by atoms with Gasteiger partial charge in [-0.1, -0.05) is 56.6 Å². The third-order valence-corrected chi connectivity index (χ3v) is 3.04. The smallest absolute Gasteiger partial charge is 0.00971 e. The van der Waals surface area contributed by atoms with Crippen molar-refractivity contribution in [3.05, 3.63) is 0 Å². The second kappa shape index (κ2) is 9.16. The Morgan fingerprint density at radius 1 is 0.800 bits per heavy atom. The molecule has 0 spiro atoms. The highest BCUT2D eigenvalue weighted by Gasteiger charge is 1.95. The summed E-state index contributed by atoms with van der Waals surface area (Å²) in [7, 11) is -0.590. The van der Waals surface area contributed by atoms with Gasteiger partial charge in [-0.25, -0.2) is 0 Å². The molecule has 0 N–H and O–H groups in total. The Balaban J connectivity index is 3.21. The van der Waals surface area contributed by atoms with E-state index in [9.17, 15) is 0 Å². The average molecular weight is 228 g/mol. The van der Waals surface area contributed by atoms with Crippen molar-refractivity contribution in [2.75, 3.05) is 18.8 Å². The normalized spacial score (nSPS) is 12.0. The van der Waals surface area contributed by atoms with Crippen molar-refractivity contribution in [1.82, 2.24) is 0 Å². The first-order valence-electron chi connectivity index (χ1n) is 6.24. The van der Waals surface area contributed by atoms with E-state index in [0.29, 0.717) is 0 Å². The summed E-state index contributed by atoms with van der Waals surface area (Å²) in [6.45, 7) is 2.27. The van der Waals surface area contributed by atoms with Crippen molar-refractivity contribution in [1.29, 1.82) is 0 Å². The molecule has 0 aromatic rings. The molecule has 0 saturated carbocycles. The molecule has 0 amide bonds. The Labute approximate surface area is 98.5 Å². The first kappa shape index (κ1) is 14.9. The highest BCUT2D eigenvalue weighted by atomic mass is 32.3. The standard InChI is InChI=1S/C14H28S/c1-5-6-7-8-9-10-11-12-13-14-15(2,3)4/h5-12H2,1-4H3. The zero-order valence-electron chi connectivity index (χ0n) is 11.1. The van der Waals surface area contributed by atoms with Crippen LogP contribution in [0.4, 0.5) is 0 Å². The third-order valence-electron chi connectivity index (χ3n) is 2.28. The zero-order valence-corrected chi connectivity index (χ0v) is 11.9. The van der Waals surface area contributed by atoms with Gasteiger partial charge in [0.1, 0.15) is 0 Å². The molecule has 0 saturated heterocycles. The Morgan fingerprint density at radius 2 is 1.33 bits per heavy atom. The van der Waals surface area contributed by atoms with E-state index in [2.05, 4.69) is 36.9 Å². The highest BCUT2D eigenvalue weighted by Crippen LogP contribution is 2.32. The molecule has 0 nitrogen and oxygen atoms in total. The highest BCUT2D eigenvalue weighted by molar-refractivity contribution is 8.35. The summed E-state index contributed by atoms with van der Waals surface area (Å²) in [6.07, 6.45) is 17.6. The SMILES string of the molecule is CCCCCCCCCC#CS(C)(C)C. The van der Waals surface area contributed by atoms with Crippen LogP contribution in [0.25, 0.3) is 0 Å². The fourth-order valence-electron chi connectivity index (χ4n) is 1.44. The lowest BCUT2D eigenvalue weighted by atomic mass is 10.1. The van der Waals surface area contributed by atoms with Gasteiger partial charge in [-0.05, 0) is 25.2 Å². The molecule has 0 aliphatic rings. The van der Waals surface area contributed by atoms with Crippen molar-refractivity contribution in [3.8, 4) is 11.2 Å². The van der Waals surface area contributed by atoms with Crippen LogP contribution < -0.4 is 0 Å². The third kappa shape index (κ3) is 13.9. The molecular formula is C14H28S. The Morgan fingerprint density at radius 3 is 1.87 bits per heavy atom. The minimum atomic E-state index is -0.590. The molecule has 0 aromatic heterocycles. The van der Waals surface area contributed by atoms with Gasteiger partial charge in [-0.15, -0.1) is 0 Å². The molecule has 0 aliphatic carbocycles. The lowest BCUT2D eigenvalue weighted by molar-refractivity contribution is 0.594. The molecule has 0 atom stereocenters. The van der Waals surface area contributed by atoms with Crippen LogP contribution in [0, 0.1) is 11.2 Å². The van der Waals surface area contributed by atoms with Gasteiger partial charge in [0.15, 0.2) is 0 Å². The first-order valence-corrected chi connectivity index (χ1v) is 9.10. The summed E-state index contributed by atoms with van der Waals surface area (Å²) < 4.78 is 0. The number of hydrogen-bond acceptors (Lipinski definition) is 0. The van der Waals surface area contributed by atoms with Crippen LogP contribution in [0.2, 0.25) is 0 Å². The molecule has 1 heteroatoms. The molecular weight excluding hydrogens is 200 g/mol. The topological polar surface area (TPSA) is 0 Å². The van der Waals surface area contributed by atoms with Crippen LogP contribution in [0.1, 0.15) is 58.3 Å². The molecule has 0 bridgehead atoms. The summed E-state index contributed by atoms with van der Waals surface area (Å²) in [6, 6.07) is 0. The van der Waals surface area contributed by atoms with E-state index in [1.807, 2.05) is 0 Å². The lowest BCUT2D eigenvalue weighted by Crippen LogP contribution is -1.85. The summed E-state index contributed by atoms with van der Waals surface area (Å²) in [5.41, 5.74) is 0. The van der Waals surface area contributed by atoms with Crippen molar-refractivity contribution in [3.63, 3.8) is 0 Å². The van der Waals surface area contributed by atoms with E-state index < -0.39 is 10.0 Å². The predicted octanol–water partition coefficient (Wildman–Crippen LogP) is 4.78. The summed E-state index contributed by atoms with van der Waals surface area (Å²) in [5, 5.41) is 3.37. The van der Waals surface area contributed by atoms with Crippen LogP contribution in [-0.2, 0) is 0 Å². The van der Waals surface area contributed by atoms with Crippen LogP contribution in [-0.4, -0.2) is 18.8 Å². The Hall–Kier alpha value is -0.0900. The number of rotatable bonds is 7. The van der Waals surface area contributed by atoms with Crippen LogP contribution in [0.3, 0.4) is 0 Å². The first-order chi connectivity index (χ1) is 7.06. The van der Waals surface area contributed by atoms with Gasteiger partial charge < -0.3 is 0 Å². The minimum Gasteiger partial charge on any atom is -0.186 e.